The van der Waals surface area contributed by atoms with Crippen molar-refractivity contribution in [2.75, 3.05) is 26.2 Å². The summed E-state index contributed by atoms with van der Waals surface area (Å²) in [7, 11) is 0. The van der Waals surface area contributed by atoms with Gasteiger partial charge in [-0.2, -0.15) is 4.39 Å². The van der Waals surface area contributed by atoms with Crippen LogP contribution in [0.1, 0.15) is 36.2 Å². The molecule has 0 atom stereocenters. The molecule has 2 aliphatic rings. The summed E-state index contributed by atoms with van der Waals surface area (Å²) in [5, 5.41) is 5.06. The molecule has 3 heterocycles. The Morgan fingerprint density at radius 2 is 2.05 bits per heavy atom. The second-order valence-corrected chi connectivity index (χ2v) is 5.69. The number of rotatable bonds is 4. The molecule has 2 fully saturated rings. The number of halogens is 1. The monoisotopic (exact) mass is 308 g/mol. The smallest absolute Gasteiger partial charge is 0.284 e. The molecular weight excluding hydrogens is 287 g/mol. The molecule has 1 amide bonds. The number of amides is 1. The van der Waals surface area contributed by atoms with Crippen LogP contribution < -0.4 is 15.5 Å². The summed E-state index contributed by atoms with van der Waals surface area (Å²) in [6, 6.07) is 2.99. The van der Waals surface area contributed by atoms with Crippen molar-refractivity contribution < 1.29 is 13.9 Å². The third-order valence-corrected chi connectivity index (χ3v) is 3.99. The lowest BCUT2D eigenvalue weighted by atomic mass is 10.1. The Morgan fingerprint density at radius 1 is 1.32 bits per heavy atom. The topological polar surface area (TPSA) is 66.5 Å². The van der Waals surface area contributed by atoms with Gasteiger partial charge in [-0.05, 0) is 50.9 Å². The van der Waals surface area contributed by atoms with E-state index >= 15 is 0 Å². The summed E-state index contributed by atoms with van der Waals surface area (Å²) in [4.78, 5) is 15.8. The first kappa shape index (κ1) is 15.2. The van der Waals surface area contributed by atoms with Crippen molar-refractivity contribution in [1.82, 2.24) is 20.7 Å². The maximum Gasteiger partial charge on any atom is 0.284 e. The minimum atomic E-state index is -0.729. The Hall–Kier alpha value is -1.73. The molecule has 0 radical (unpaired) electrons. The Balaban J connectivity index is 1.61. The number of piperidine rings is 1. The quantitative estimate of drug-likeness (QED) is 0.815. The van der Waals surface area contributed by atoms with Gasteiger partial charge in [0.2, 0.25) is 0 Å². The highest BCUT2D eigenvalue weighted by Crippen LogP contribution is 2.20. The van der Waals surface area contributed by atoms with Crippen molar-refractivity contribution in [3.63, 3.8) is 0 Å². The van der Waals surface area contributed by atoms with Crippen molar-refractivity contribution in [2.24, 2.45) is 0 Å². The van der Waals surface area contributed by atoms with E-state index in [1.54, 1.807) is 0 Å². The summed E-state index contributed by atoms with van der Waals surface area (Å²) in [6.45, 7) is 3.39. The molecule has 2 aliphatic heterocycles. The summed E-state index contributed by atoms with van der Waals surface area (Å²) < 4.78 is 19.7. The Labute approximate surface area is 129 Å². The number of hydrazine groups is 1. The maximum atomic E-state index is 14.0. The predicted octanol–water partition coefficient (Wildman–Crippen LogP) is 1.09. The van der Waals surface area contributed by atoms with Crippen LogP contribution in [0.3, 0.4) is 0 Å². The molecular formula is C15H21FN4O2. The number of pyridine rings is 1. The number of aromatic nitrogens is 1. The molecule has 0 unspecified atom stereocenters. The third kappa shape index (κ3) is 3.72. The van der Waals surface area contributed by atoms with Crippen LogP contribution in [0.4, 0.5) is 4.39 Å². The zero-order valence-corrected chi connectivity index (χ0v) is 12.5. The van der Waals surface area contributed by atoms with Crippen LogP contribution in [-0.2, 0) is 0 Å². The lowest BCUT2D eigenvalue weighted by Crippen LogP contribution is -2.40. The van der Waals surface area contributed by atoms with Gasteiger partial charge in [-0.25, -0.2) is 9.99 Å². The number of ether oxygens (including phenoxy) is 1. The first-order valence-corrected chi connectivity index (χ1v) is 7.82. The Kier molecular flexibility index (Phi) is 4.84. The number of hydrogen-bond donors (Lipinski definition) is 2. The van der Waals surface area contributed by atoms with Gasteiger partial charge in [0.05, 0.1) is 0 Å². The largest absolute Gasteiger partial charge is 0.486 e. The fourth-order valence-electron chi connectivity index (χ4n) is 2.76. The maximum absolute atomic E-state index is 14.0. The van der Waals surface area contributed by atoms with Crippen LogP contribution >= 0.6 is 0 Å². The Bertz CT molecular complexity index is 528. The van der Waals surface area contributed by atoms with Gasteiger partial charge in [0.15, 0.2) is 5.75 Å². The molecule has 120 valence electrons. The van der Waals surface area contributed by atoms with Crippen LogP contribution in [0, 0.1) is 5.95 Å². The normalized spacial score (nSPS) is 20.0. The van der Waals surface area contributed by atoms with Gasteiger partial charge >= 0.3 is 0 Å². The lowest BCUT2D eigenvalue weighted by Gasteiger charge is -2.23. The molecule has 1 aromatic heterocycles. The highest BCUT2D eigenvalue weighted by atomic mass is 19.1. The minimum absolute atomic E-state index is 0.00169. The average Bonchev–Trinajstić information content (AvgIpc) is 3.03. The van der Waals surface area contributed by atoms with E-state index in [4.69, 9.17) is 4.74 Å². The third-order valence-electron chi connectivity index (χ3n) is 3.99. The molecule has 0 spiro atoms. The number of carbonyl (C=O) groups excluding carboxylic acids is 1. The fourth-order valence-corrected chi connectivity index (χ4v) is 2.76. The van der Waals surface area contributed by atoms with E-state index in [2.05, 4.69) is 15.7 Å². The summed E-state index contributed by atoms with van der Waals surface area (Å²) in [5.41, 5.74) is 2.81. The van der Waals surface area contributed by atoms with Gasteiger partial charge in [0.25, 0.3) is 11.9 Å². The molecule has 3 rings (SSSR count). The first-order valence-electron chi connectivity index (χ1n) is 7.82. The molecule has 1 aromatic rings. The standard InChI is InChI=1S/C15H21FN4O2/c16-14-13(22-11-5-7-17-8-6-11)4-3-12(18-14)15(21)19-20-9-1-2-10-20/h3-4,11,17H,1-2,5-10H2,(H,19,21). The minimum Gasteiger partial charge on any atom is -0.486 e. The van der Waals surface area contributed by atoms with E-state index in [1.165, 1.54) is 12.1 Å². The van der Waals surface area contributed by atoms with E-state index < -0.39 is 5.95 Å². The Morgan fingerprint density at radius 3 is 2.73 bits per heavy atom. The highest BCUT2D eigenvalue weighted by Gasteiger charge is 2.20. The van der Waals surface area contributed by atoms with Crippen molar-refractivity contribution in [3.8, 4) is 5.75 Å². The van der Waals surface area contributed by atoms with E-state index in [0.29, 0.717) is 0 Å². The second kappa shape index (κ2) is 7.02. The van der Waals surface area contributed by atoms with Crippen molar-refractivity contribution in [3.05, 3.63) is 23.8 Å². The van der Waals surface area contributed by atoms with Gasteiger partial charge < -0.3 is 10.1 Å². The predicted molar refractivity (Wildman–Crippen MR) is 79.0 cm³/mol. The average molecular weight is 308 g/mol. The molecule has 22 heavy (non-hydrogen) atoms. The van der Waals surface area contributed by atoms with E-state index in [9.17, 15) is 9.18 Å². The molecule has 0 aromatic carbocycles. The van der Waals surface area contributed by atoms with Gasteiger partial charge in [0, 0.05) is 13.1 Å². The lowest BCUT2D eigenvalue weighted by molar-refractivity contribution is 0.0818. The van der Waals surface area contributed by atoms with E-state index in [1.807, 2.05) is 5.01 Å². The molecule has 7 heteroatoms. The number of nitrogens with one attached hydrogen (secondary N) is 2. The molecule has 0 saturated carbocycles. The van der Waals surface area contributed by atoms with Crippen molar-refractivity contribution in [1.29, 1.82) is 0 Å². The molecule has 2 saturated heterocycles. The number of carbonyl (C=O) groups is 1. The van der Waals surface area contributed by atoms with Gasteiger partial charge in [-0.15, -0.1) is 0 Å². The van der Waals surface area contributed by atoms with Crippen molar-refractivity contribution >= 4 is 5.91 Å². The molecule has 6 nitrogen and oxygen atoms in total. The number of hydrogen-bond acceptors (Lipinski definition) is 5. The number of nitrogens with zero attached hydrogens (tertiary/aromatic N) is 2. The van der Waals surface area contributed by atoms with Crippen LogP contribution in [0.15, 0.2) is 12.1 Å². The SMILES string of the molecule is O=C(NN1CCCC1)c1ccc(OC2CCNCC2)c(F)n1. The summed E-state index contributed by atoms with van der Waals surface area (Å²) in [5.74, 6) is -0.994. The van der Waals surface area contributed by atoms with Crippen LogP contribution in [0.2, 0.25) is 0 Å². The van der Waals surface area contributed by atoms with E-state index in [-0.39, 0.29) is 23.5 Å². The van der Waals surface area contributed by atoms with Gasteiger partial charge in [0.1, 0.15) is 11.8 Å². The van der Waals surface area contributed by atoms with Crippen LogP contribution in [0.5, 0.6) is 5.75 Å². The highest BCUT2D eigenvalue weighted by molar-refractivity contribution is 5.91. The van der Waals surface area contributed by atoms with Crippen molar-refractivity contribution in [2.45, 2.75) is 31.8 Å². The molecule has 2 N–H and O–H groups in total. The van der Waals surface area contributed by atoms with Gasteiger partial charge in [-0.3, -0.25) is 10.2 Å². The zero-order chi connectivity index (χ0) is 15.4. The van der Waals surface area contributed by atoms with Crippen LogP contribution in [-0.4, -0.2) is 48.2 Å². The first-order chi connectivity index (χ1) is 10.7. The van der Waals surface area contributed by atoms with Gasteiger partial charge in [-0.1, -0.05) is 0 Å². The van der Waals surface area contributed by atoms with E-state index in [0.717, 1.165) is 51.9 Å². The summed E-state index contributed by atoms with van der Waals surface area (Å²) >= 11 is 0. The molecule has 0 aliphatic carbocycles. The second-order valence-electron chi connectivity index (χ2n) is 5.69. The fraction of sp³-hybridized carbons (Fsp3) is 0.600. The zero-order valence-electron chi connectivity index (χ0n) is 12.5. The molecule has 0 bridgehead atoms. The summed E-state index contributed by atoms with van der Waals surface area (Å²) in [6.07, 6.45) is 3.81. The van der Waals surface area contributed by atoms with Crippen LogP contribution in [0.25, 0.3) is 0 Å².